The van der Waals surface area contributed by atoms with Crippen LogP contribution in [0.2, 0.25) is 0 Å². The Kier molecular flexibility index (Phi) is 4.22. The molecule has 1 amide bonds. The van der Waals surface area contributed by atoms with Gasteiger partial charge in [-0.05, 0) is 35.4 Å². The van der Waals surface area contributed by atoms with Crippen molar-refractivity contribution >= 4 is 27.9 Å². The van der Waals surface area contributed by atoms with E-state index >= 15 is 0 Å². The van der Waals surface area contributed by atoms with Gasteiger partial charge in [-0.2, -0.15) is 0 Å². The molecule has 0 saturated carbocycles. The third-order valence-electron chi connectivity index (χ3n) is 4.65. The van der Waals surface area contributed by atoms with Gasteiger partial charge >= 0.3 is 0 Å². The third kappa shape index (κ3) is 3.32. The Hall–Kier alpha value is -3.71. The molecule has 2 N–H and O–H groups in total. The van der Waals surface area contributed by atoms with E-state index in [-0.39, 0.29) is 11.7 Å². The highest BCUT2D eigenvalue weighted by molar-refractivity contribution is 7.15. The van der Waals surface area contributed by atoms with Crippen molar-refractivity contribution in [2.24, 2.45) is 0 Å². The molecule has 0 atom stereocenters. The van der Waals surface area contributed by atoms with Crippen LogP contribution in [-0.2, 0) is 0 Å². The molecular formula is C22H15FN4OS. The largest absolute Gasteiger partial charge is 0.357 e. The molecule has 0 aliphatic carbocycles. The number of amides is 1. The van der Waals surface area contributed by atoms with E-state index < -0.39 is 0 Å². The molecule has 0 fully saturated rings. The summed E-state index contributed by atoms with van der Waals surface area (Å²) in [4.78, 5) is 21.3. The standard InChI is InChI=1S/C22H15FN4OS/c23-16-7-5-14(6-8-16)15-11-19(24-12-15)21(28)25-18-4-2-1-3-17(18)20-13-27-9-10-29-22(27)26-20/h1-13,24H,(H,25,28). The maximum Gasteiger partial charge on any atom is 0.272 e. The molecular weight excluding hydrogens is 387 g/mol. The van der Waals surface area contributed by atoms with Gasteiger partial charge < -0.3 is 10.3 Å². The minimum atomic E-state index is -0.294. The van der Waals surface area contributed by atoms with Gasteiger partial charge in [0.1, 0.15) is 11.5 Å². The van der Waals surface area contributed by atoms with Crippen molar-refractivity contribution in [2.45, 2.75) is 0 Å². The number of thiazole rings is 1. The van der Waals surface area contributed by atoms with Crippen LogP contribution in [0.1, 0.15) is 10.5 Å². The number of halogens is 1. The van der Waals surface area contributed by atoms with Crippen LogP contribution in [0.15, 0.2) is 78.6 Å². The lowest BCUT2D eigenvalue weighted by molar-refractivity contribution is 0.102. The lowest BCUT2D eigenvalue weighted by atomic mass is 10.1. The monoisotopic (exact) mass is 402 g/mol. The molecule has 0 saturated heterocycles. The predicted molar refractivity (Wildman–Crippen MR) is 113 cm³/mol. The van der Waals surface area contributed by atoms with Crippen LogP contribution in [0.25, 0.3) is 27.3 Å². The van der Waals surface area contributed by atoms with E-state index in [0.717, 1.165) is 27.3 Å². The molecule has 2 aromatic carbocycles. The number of aromatic amines is 1. The second-order valence-electron chi connectivity index (χ2n) is 6.53. The smallest absolute Gasteiger partial charge is 0.272 e. The molecule has 7 heteroatoms. The number of aromatic nitrogens is 3. The van der Waals surface area contributed by atoms with Crippen LogP contribution < -0.4 is 5.32 Å². The Morgan fingerprint density at radius 1 is 1.10 bits per heavy atom. The number of carbonyl (C=O) groups excluding carboxylic acids is 1. The maximum atomic E-state index is 13.1. The second kappa shape index (κ2) is 7.03. The average Bonchev–Trinajstić information content (AvgIpc) is 3.45. The summed E-state index contributed by atoms with van der Waals surface area (Å²) in [5, 5.41) is 4.94. The second-order valence-corrected chi connectivity index (χ2v) is 7.40. The molecule has 5 nitrogen and oxygen atoms in total. The van der Waals surface area contributed by atoms with Gasteiger partial charge in [0.15, 0.2) is 4.96 Å². The van der Waals surface area contributed by atoms with Gasteiger partial charge in [-0.15, -0.1) is 11.3 Å². The van der Waals surface area contributed by atoms with Crippen LogP contribution in [0.4, 0.5) is 10.1 Å². The van der Waals surface area contributed by atoms with E-state index in [1.807, 2.05) is 46.4 Å². The first-order valence-electron chi connectivity index (χ1n) is 8.95. The van der Waals surface area contributed by atoms with E-state index in [1.165, 1.54) is 12.1 Å². The van der Waals surface area contributed by atoms with E-state index in [1.54, 1.807) is 35.7 Å². The Labute approximate surface area is 169 Å². The molecule has 0 aliphatic rings. The molecule has 0 unspecified atom stereocenters. The van der Waals surface area contributed by atoms with Gasteiger partial charge in [-0.25, -0.2) is 9.37 Å². The summed E-state index contributed by atoms with van der Waals surface area (Å²) >= 11 is 1.56. The SMILES string of the molecule is O=C(Nc1ccccc1-c1cn2ccsc2n1)c1cc(-c2ccc(F)cc2)c[nH]1. The summed E-state index contributed by atoms with van der Waals surface area (Å²) in [6, 6.07) is 15.5. The summed E-state index contributed by atoms with van der Waals surface area (Å²) < 4.78 is 15.1. The summed E-state index contributed by atoms with van der Waals surface area (Å²) in [5.41, 5.74) is 4.40. The number of carbonyl (C=O) groups is 1. The minimum Gasteiger partial charge on any atom is -0.357 e. The van der Waals surface area contributed by atoms with Crippen molar-refractivity contribution in [3.8, 4) is 22.4 Å². The first kappa shape index (κ1) is 17.4. The van der Waals surface area contributed by atoms with E-state index in [0.29, 0.717) is 11.4 Å². The number of imidazole rings is 1. The number of hydrogen-bond donors (Lipinski definition) is 2. The van der Waals surface area contributed by atoms with Crippen molar-refractivity contribution in [2.75, 3.05) is 5.32 Å². The Bertz CT molecular complexity index is 1290. The fourth-order valence-electron chi connectivity index (χ4n) is 3.20. The lowest BCUT2D eigenvalue weighted by Crippen LogP contribution is -2.12. The van der Waals surface area contributed by atoms with Gasteiger partial charge in [0.2, 0.25) is 0 Å². The quantitative estimate of drug-likeness (QED) is 0.420. The van der Waals surface area contributed by atoms with E-state index in [9.17, 15) is 9.18 Å². The fraction of sp³-hybridized carbons (Fsp3) is 0. The highest BCUT2D eigenvalue weighted by atomic mass is 32.1. The number of anilines is 1. The van der Waals surface area contributed by atoms with Gasteiger partial charge in [0, 0.05) is 29.5 Å². The van der Waals surface area contributed by atoms with E-state index in [4.69, 9.17) is 0 Å². The van der Waals surface area contributed by atoms with Gasteiger partial charge in [0.05, 0.1) is 11.4 Å². The van der Waals surface area contributed by atoms with E-state index in [2.05, 4.69) is 15.3 Å². The van der Waals surface area contributed by atoms with Crippen molar-refractivity contribution in [3.63, 3.8) is 0 Å². The first-order valence-corrected chi connectivity index (χ1v) is 9.83. The summed E-state index contributed by atoms with van der Waals surface area (Å²) in [6.07, 6.45) is 5.63. The maximum absolute atomic E-state index is 13.1. The van der Waals surface area contributed by atoms with Crippen molar-refractivity contribution in [1.29, 1.82) is 0 Å². The summed E-state index contributed by atoms with van der Waals surface area (Å²) in [5.74, 6) is -0.551. The number of fused-ring (bicyclic) bond motifs is 1. The first-order chi connectivity index (χ1) is 14.2. The Morgan fingerprint density at radius 3 is 2.76 bits per heavy atom. The van der Waals surface area contributed by atoms with Gasteiger partial charge in [-0.1, -0.05) is 30.3 Å². The molecule has 29 heavy (non-hydrogen) atoms. The number of para-hydroxylation sites is 1. The number of nitrogens with zero attached hydrogens (tertiary/aromatic N) is 2. The molecule has 0 aliphatic heterocycles. The molecule has 142 valence electrons. The summed E-state index contributed by atoms with van der Waals surface area (Å²) in [6.45, 7) is 0. The lowest BCUT2D eigenvalue weighted by Gasteiger charge is -2.08. The highest BCUT2D eigenvalue weighted by Crippen LogP contribution is 2.29. The normalized spacial score (nSPS) is 11.1. The highest BCUT2D eigenvalue weighted by Gasteiger charge is 2.14. The topological polar surface area (TPSA) is 62.2 Å². The van der Waals surface area contributed by atoms with Gasteiger partial charge in [0.25, 0.3) is 5.91 Å². The molecule has 5 rings (SSSR count). The van der Waals surface area contributed by atoms with Gasteiger partial charge in [-0.3, -0.25) is 9.20 Å². The zero-order valence-electron chi connectivity index (χ0n) is 15.1. The predicted octanol–water partition coefficient (Wildman–Crippen LogP) is 5.45. The fourth-order valence-corrected chi connectivity index (χ4v) is 3.90. The minimum absolute atomic E-state index is 0.258. The molecule has 5 aromatic rings. The number of hydrogen-bond acceptors (Lipinski definition) is 3. The zero-order chi connectivity index (χ0) is 19.8. The van der Waals surface area contributed by atoms with Crippen LogP contribution in [0.5, 0.6) is 0 Å². The molecule has 0 spiro atoms. The summed E-state index contributed by atoms with van der Waals surface area (Å²) in [7, 11) is 0. The Morgan fingerprint density at radius 2 is 1.93 bits per heavy atom. The van der Waals surface area contributed by atoms with Crippen LogP contribution in [-0.4, -0.2) is 20.3 Å². The Balaban J connectivity index is 1.42. The van der Waals surface area contributed by atoms with Crippen LogP contribution in [0, 0.1) is 5.82 Å². The molecule has 0 bridgehead atoms. The van der Waals surface area contributed by atoms with Crippen LogP contribution in [0.3, 0.4) is 0 Å². The van der Waals surface area contributed by atoms with Crippen molar-refractivity contribution in [1.82, 2.24) is 14.4 Å². The molecule has 0 radical (unpaired) electrons. The molecule has 3 aromatic heterocycles. The number of nitrogens with one attached hydrogen (secondary N) is 2. The van der Waals surface area contributed by atoms with Crippen molar-refractivity contribution in [3.05, 3.63) is 90.1 Å². The van der Waals surface area contributed by atoms with Crippen LogP contribution >= 0.6 is 11.3 Å². The number of benzene rings is 2. The zero-order valence-corrected chi connectivity index (χ0v) is 15.9. The average molecular weight is 402 g/mol. The third-order valence-corrected chi connectivity index (χ3v) is 5.42. The van der Waals surface area contributed by atoms with Crippen molar-refractivity contribution < 1.29 is 9.18 Å². The number of H-pyrrole nitrogens is 1. The number of rotatable bonds is 4. The molecule has 3 heterocycles.